The van der Waals surface area contributed by atoms with E-state index in [2.05, 4.69) is 20.3 Å². The van der Waals surface area contributed by atoms with Crippen LogP contribution in [0.5, 0.6) is 5.75 Å². The van der Waals surface area contributed by atoms with Crippen LogP contribution in [0.3, 0.4) is 0 Å². The summed E-state index contributed by atoms with van der Waals surface area (Å²) in [4.78, 5) is 25.6. The maximum absolute atomic E-state index is 13.3. The Morgan fingerprint density at radius 3 is 2.73 bits per heavy atom. The Labute approximate surface area is 192 Å². The van der Waals surface area contributed by atoms with Gasteiger partial charge in [0.2, 0.25) is 0 Å². The number of hydrogen-bond donors (Lipinski definition) is 2. The van der Waals surface area contributed by atoms with E-state index in [4.69, 9.17) is 10.5 Å². The summed E-state index contributed by atoms with van der Waals surface area (Å²) in [5.74, 6) is -0.192. The lowest BCUT2D eigenvalue weighted by molar-refractivity contribution is 0.102. The molecule has 0 spiro atoms. The average Bonchev–Trinajstić information content (AvgIpc) is 3.20. The Morgan fingerprint density at radius 2 is 2.00 bits per heavy atom. The van der Waals surface area contributed by atoms with E-state index in [0.717, 1.165) is 22.2 Å². The Bertz CT molecular complexity index is 1330. The summed E-state index contributed by atoms with van der Waals surface area (Å²) in [6.45, 7) is 2.29. The summed E-state index contributed by atoms with van der Waals surface area (Å²) in [6, 6.07) is 8.73. The standard InChI is InChI=1S/C23H21F2N5O2S/c1-12-7-14(15-9-18(21(24)25)28-11-19(15)32-2)16(10-27-12)22(31)30-23-29-17-4-3-13(5-6-26)8-20(17)33-23/h3-4,7-11,21H,5-6,26H2,1-2H3,(H,29,30,31). The minimum Gasteiger partial charge on any atom is -0.494 e. The van der Waals surface area contributed by atoms with Crippen LogP contribution < -0.4 is 15.8 Å². The van der Waals surface area contributed by atoms with Crippen molar-refractivity contribution >= 4 is 32.6 Å². The van der Waals surface area contributed by atoms with Gasteiger partial charge in [0, 0.05) is 23.0 Å². The van der Waals surface area contributed by atoms with Gasteiger partial charge in [0.25, 0.3) is 12.3 Å². The molecule has 0 bridgehead atoms. The number of fused-ring (bicyclic) bond motifs is 1. The number of hydrogen-bond acceptors (Lipinski definition) is 7. The quantitative estimate of drug-likeness (QED) is 0.405. The fourth-order valence-electron chi connectivity index (χ4n) is 3.42. The number of aromatic nitrogens is 3. The van der Waals surface area contributed by atoms with Gasteiger partial charge in [0.1, 0.15) is 11.4 Å². The van der Waals surface area contributed by atoms with Crippen molar-refractivity contribution in [3.8, 4) is 16.9 Å². The van der Waals surface area contributed by atoms with Crippen LogP contribution in [-0.4, -0.2) is 34.5 Å². The molecule has 0 saturated carbocycles. The third-order valence-corrected chi connectivity index (χ3v) is 5.95. The summed E-state index contributed by atoms with van der Waals surface area (Å²) in [6.07, 6.45) is 0.624. The number of nitrogens with zero attached hydrogens (tertiary/aromatic N) is 3. The number of benzene rings is 1. The van der Waals surface area contributed by atoms with Gasteiger partial charge in [-0.05, 0) is 49.7 Å². The van der Waals surface area contributed by atoms with Crippen LogP contribution in [0.2, 0.25) is 0 Å². The van der Waals surface area contributed by atoms with Crippen molar-refractivity contribution in [2.75, 3.05) is 19.0 Å². The number of methoxy groups -OCH3 is 1. The summed E-state index contributed by atoms with van der Waals surface area (Å²) < 4.78 is 32.8. The number of aryl methyl sites for hydroxylation is 1. The second kappa shape index (κ2) is 9.55. The fraction of sp³-hybridized carbons (Fsp3) is 0.217. The molecular weight excluding hydrogens is 448 g/mol. The van der Waals surface area contributed by atoms with Gasteiger partial charge in [-0.3, -0.25) is 20.1 Å². The zero-order valence-corrected chi connectivity index (χ0v) is 18.7. The molecule has 0 aliphatic carbocycles. The molecule has 4 aromatic rings. The zero-order chi connectivity index (χ0) is 23.5. The predicted molar refractivity (Wildman–Crippen MR) is 124 cm³/mol. The number of alkyl halides is 2. The van der Waals surface area contributed by atoms with Crippen molar-refractivity contribution in [3.05, 3.63) is 65.2 Å². The number of carbonyl (C=O) groups excluding carboxylic acids is 1. The van der Waals surface area contributed by atoms with E-state index in [1.165, 1.54) is 36.9 Å². The molecule has 0 aliphatic heterocycles. The molecule has 7 nitrogen and oxygen atoms in total. The molecule has 3 aromatic heterocycles. The highest BCUT2D eigenvalue weighted by atomic mass is 32.1. The van der Waals surface area contributed by atoms with Crippen molar-refractivity contribution in [1.82, 2.24) is 15.0 Å². The molecule has 33 heavy (non-hydrogen) atoms. The summed E-state index contributed by atoms with van der Waals surface area (Å²) >= 11 is 1.34. The highest BCUT2D eigenvalue weighted by molar-refractivity contribution is 7.22. The van der Waals surface area contributed by atoms with E-state index in [9.17, 15) is 13.6 Å². The molecular formula is C23H21F2N5O2S. The Hall–Kier alpha value is -3.50. The third kappa shape index (κ3) is 4.81. The van der Waals surface area contributed by atoms with E-state index in [-0.39, 0.29) is 11.3 Å². The van der Waals surface area contributed by atoms with Crippen molar-refractivity contribution in [2.45, 2.75) is 19.8 Å². The smallest absolute Gasteiger partial charge is 0.280 e. The summed E-state index contributed by atoms with van der Waals surface area (Å²) in [7, 11) is 1.41. The lowest BCUT2D eigenvalue weighted by Gasteiger charge is -2.14. The van der Waals surface area contributed by atoms with Crippen LogP contribution in [0.25, 0.3) is 21.3 Å². The lowest BCUT2D eigenvalue weighted by atomic mass is 9.99. The largest absolute Gasteiger partial charge is 0.494 e. The minimum atomic E-state index is -2.76. The van der Waals surface area contributed by atoms with Gasteiger partial charge in [-0.15, -0.1) is 0 Å². The number of rotatable bonds is 7. The highest BCUT2D eigenvalue weighted by Gasteiger charge is 2.21. The van der Waals surface area contributed by atoms with Crippen LogP contribution in [0.4, 0.5) is 13.9 Å². The molecule has 170 valence electrons. The zero-order valence-electron chi connectivity index (χ0n) is 17.9. The predicted octanol–water partition coefficient (Wildman–Crippen LogP) is 4.76. The first kappa shape index (κ1) is 22.7. The number of halogens is 2. The molecule has 0 aliphatic rings. The second-order valence-corrected chi connectivity index (χ2v) is 8.33. The first-order valence-electron chi connectivity index (χ1n) is 10.1. The maximum atomic E-state index is 13.3. The van der Waals surface area contributed by atoms with E-state index < -0.39 is 18.0 Å². The molecule has 0 radical (unpaired) electrons. The normalized spacial score (nSPS) is 11.2. The van der Waals surface area contributed by atoms with Gasteiger partial charge in [-0.25, -0.2) is 13.8 Å². The number of thiazole rings is 1. The molecule has 1 aromatic carbocycles. The first-order valence-corrected chi connectivity index (χ1v) is 10.9. The second-order valence-electron chi connectivity index (χ2n) is 7.30. The highest BCUT2D eigenvalue weighted by Crippen LogP contribution is 2.35. The molecule has 0 atom stereocenters. The average molecular weight is 470 g/mol. The van der Waals surface area contributed by atoms with Crippen LogP contribution in [0.15, 0.2) is 42.7 Å². The number of nitrogens with two attached hydrogens (primary N) is 1. The van der Waals surface area contributed by atoms with Gasteiger partial charge in [0.15, 0.2) is 5.13 Å². The molecule has 1 amide bonds. The van der Waals surface area contributed by atoms with Crippen LogP contribution in [0, 0.1) is 6.92 Å². The molecule has 3 N–H and O–H groups in total. The van der Waals surface area contributed by atoms with E-state index >= 15 is 0 Å². The SMILES string of the molecule is COc1cnc(C(F)F)cc1-c1cc(C)ncc1C(=O)Nc1nc2ccc(CCN)cc2s1. The number of pyridine rings is 2. The molecule has 0 fully saturated rings. The number of carbonyl (C=O) groups is 1. The number of nitrogens with one attached hydrogen (secondary N) is 1. The molecule has 10 heteroatoms. The molecule has 3 heterocycles. The van der Waals surface area contributed by atoms with E-state index in [1.54, 1.807) is 13.0 Å². The minimum absolute atomic E-state index is 0.202. The summed E-state index contributed by atoms with van der Waals surface area (Å²) in [5.41, 5.74) is 8.63. The number of anilines is 1. The van der Waals surface area contributed by atoms with Gasteiger partial charge in [0.05, 0.1) is 29.1 Å². The number of ether oxygens (including phenoxy) is 1. The van der Waals surface area contributed by atoms with Gasteiger partial charge in [-0.1, -0.05) is 17.4 Å². The lowest BCUT2D eigenvalue weighted by Crippen LogP contribution is -2.14. The van der Waals surface area contributed by atoms with Crippen molar-refractivity contribution < 1.29 is 18.3 Å². The van der Waals surface area contributed by atoms with Gasteiger partial charge in [-0.2, -0.15) is 0 Å². The van der Waals surface area contributed by atoms with Crippen LogP contribution in [-0.2, 0) is 6.42 Å². The fourth-order valence-corrected chi connectivity index (χ4v) is 4.35. The third-order valence-electron chi connectivity index (χ3n) is 5.01. The Kier molecular flexibility index (Phi) is 6.57. The Morgan fingerprint density at radius 1 is 1.18 bits per heavy atom. The molecule has 0 saturated heterocycles. The maximum Gasteiger partial charge on any atom is 0.280 e. The molecule has 0 unspecified atom stereocenters. The van der Waals surface area contributed by atoms with Gasteiger partial charge < -0.3 is 10.5 Å². The van der Waals surface area contributed by atoms with Crippen molar-refractivity contribution in [2.24, 2.45) is 5.73 Å². The topological polar surface area (TPSA) is 103 Å². The van der Waals surface area contributed by atoms with Crippen LogP contribution >= 0.6 is 11.3 Å². The Balaban J connectivity index is 1.71. The van der Waals surface area contributed by atoms with Crippen molar-refractivity contribution in [3.63, 3.8) is 0 Å². The van der Waals surface area contributed by atoms with Crippen LogP contribution in [0.1, 0.15) is 33.7 Å². The monoisotopic (exact) mass is 469 g/mol. The molecule has 4 rings (SSSR count). The van der Waals surface area contributed by atoms with E-state index in [1.807, 2.05) is 18.2 Å². The number of amides is 1. The van der Waals surface area contributed by atoms with Gasteiger partial charge >= 0.3 is 0 Å². The van der Waals surface area contributed by atoms with E-state index in [0.29, 0.717) is 28.5 Å². The van der Waals surface area contributed by atoms with Crippen molar-refractivity contribution in [1.29, 1.82) is 0 Å². The first-order chi connectivity index (χ1) is 15.9. The summed E-state index contributed by atoms with van der Waals surface area (Å²) in [5, 5.41) is 3.22.